The molecule has 0 radical (unpaired) electrons. The van der Waals surface area contributed by atoms with E-state index in [1.807, 2.05) is 4.68 Å². The zero-order valence-corrected chi connectivity index (χ0v) is 11.9. The van der Waals surface area contributed by atoms with Crippen molar-refractivity contribution in [3.63, 3.8) is 0 Å². The molecule has 1 aromatic heterocycles. The van der Waals surface area contributed by atoms with Gasteiger partial charge in [-0.25, -0.2) is 0 Å². The Balaban J connectivity index is 1.92. The van der Waals surface area contributed by atoms with Crippen LogP contribution in [-0.4, -0.2) is 28.0 Å². The molecule has 1 aliphatic rings. The topological polar surface area (TPSA) is 39.1 Å². The first-order chi connectivity index (χ1) is 8.55. The molecule has 0 amide bonds. The molecule has 102 valence electrons. The Hall–Kier alpha value is -0.870. The standard InChI is InChI=1S/C14H25N3O/c1-5-11(2)17-8-6-13(16-17)10-15-14(4)7-9-18-12(14)3/h6,8,11-12,15H,5,7,9-10H2,1-4H3. The van der Waals surface area contributed by atoms with Crippen molar-refractivity contribution in [2.24, 2.45) is 0 Å². The molecule has 3 unspecified atom stereocenters. The van der Waals surface area contributed by atoms with E-state index >= 15 is 0 Å². The van der Waals surface area contributed by atoms with Gasteiger partial charge in [-0.15, -0.1) is 0 Å². The number of nitrogens with one attached hydrogen (secondary N) is 1. The zero-order chi connectivity index (χ0) is 13.2. The SMILES string of the molecule is CCC(C)n1ccc(CNC2(C)CCOC2C)n1. The second kappa shape index (κ2) is 5.41. The Morgan fingerprint density at radius 3 is 3.06 bits per heavy atom. The molecule has 1 fully saturated rings. The maximum absolute atomic E-state index is 5.63. The van der Waals surface area contributed by atoms with E-state index in [1.165, 1.54) is 0 Å². The third-order valence-electron chi connectivity index (χ3n) is 4.27. The van der Waals surface area contributed by atoms with E-state index in [1.54, 1.807) is 0 Å². The van der Waals surface area contributed by atoms with Crippen molar-refractivity contribution in [3.05, 3.63) is 18.0 Å². The molecule has 4 nitrogen and oxygen atoms in total. The van der Waals surface area contributed by atoms with Crippen molar-refractivity contribution in [3.8, 4) is 0 Å². The number of hydrogen-bond acceptors (Lipinski definition) is 3. The van der Waals surface area contributed by atoms with Crippen molar-refractivity contribution < 1.29 is 4.74 Å². The molecule has 0 aliphatic carbocycles. The summed E-state index contributed by atoms with van der Waals surface area (Å²) in [6.07, 6.45) is 4.52. The fourth-order valence-corrected chi connectivity index (χ4v) is 2.26. The second-order valence-corrected chi connectivity index (χ2v) is 5.58. The van der Waals surface area contributed by atoms with Crippen LogP contribution in [0.5, 0.6) is 0 Å². The van der Waals surface area contributed by atoms with Crippen LogP contribution in [0.15, 0.2) is 12.3 Å². The number of hydrogen-bond donors (Lipinski definition) is 1. The highest BCUT2D eigenvalue weighted by Crippen LogP contribution is 2.25. The largest absolute Gasteiger partial charge is 0.377 e. The highest BCUT2D eigenvalue weighted by molar-refractivity contribution is 5.02. The Labute approximate surface area is 110 Å². The van der Waals surface area contributed by atoms with Gasteiger partial charge in [-0.1, -0.05) is 6.92 Å². The number of rotatable bonds is 5. The van der Waals surface area contributed by atoms with Crippen LogP contribution in [-0.2, 0) is 11.3 Å². The van der Waals surface area contributed by atoms with E-state index in [-0.39, 0.29) is 11.6 Å². The van der Waals surface area contributed by atoms with Crippen molar-refractivity contribution in [2.45, 2.75) is 64.8 Å². The predicted octanol–water partition coefficient (Wildman–Crippen LogP) is 2.51. The summed E-state index contributed by atoms with van der Waals surface area (Å²) in [5.41, 5.74) is 1.19. The van der Waals surface area contributed by atoms with Gasteiger partial charge >= 0.3 is 0 Å². The summed E-state index contributed by atoms with van der Waals surface area (Å²) >= 11 is 0. The molecule has 4 heteroatoms. The molecule has 1 N–H and O–H groups in total. The fourth-order valence-electron chi connectivity index (χ4n) is 2.26. The molecule has 0 saturated carbocycles. The van der Waals surface area contributed by atoms with E-state index in [4.69, 9.17) is 4.74 Å². The summed E-state index contributed by atoms with van der Waals surface area (Å²) in [6, 6.07) is 2.58. The van der Waals surface area contributed by atoms with Crippen LogP contribution in [0, 0.1) is 0 Å². The van der Waals surface area contributed by atoms with Gasteiger partial charge in [-0.2, -0.15) is 5.10 Å². The van der Waals surface area contributed by atoms with Gasteiger partial charge in [0.2, 0.25) is 0 Å². The number of nitrogens with zero attached hydrogens (tertiary/aromatic N) is 2. The maximum Gasteiger partial charge on any atom is 0.0762 e. The molecular formula is C14H25N3O. The first-order valence-electron chi connectivity index (χ1n) is 6.96. The van der Waals surface area contributed by atoms with Gasteiger partial charge in [-0.05, 0) is 39.7 Å². The van der Waals surface area contributed by atoms with Crippen LogP contribution in [0.25, 0.3) is 0 Å². The molecule has 1 aliphatic heterocycles. The van der Waals surface area contributed by atoms with Crippen molar-refractivity contribution in [1.82, 2.24) is 15.1 Å². The van der Waals surface area contributed by atoms with Crippen LogP contribution >= 0.6 is 0 Å². The van der Waals surface area contributed by atoms with Gasteiger partial charge in [0.1, 0.15) is 0 Å². The normalized spacial score (nSPS) is 29.7. The van der Waals surface area contributed by atoms with Gasteiger partial charge in [0.05, 0.1) is 11.8 Å². The maximum atomic E-state index is 5.63. The van der Waals surface area contributed by atoms with Crippen LogP contribution < -0.4 is 5.32 Å². The summed E-state index contributed by atoms with van der Waals surface area (Å²) in [6.45, 7) is 10.4. The molecule has 1 aromatic rings. The molecule has 3 atom stereocenters. The fraction of sp³-hybridized carbons (Fsp3) is 0.786. The molecule has 0 spiro atoms. The smallest absolute Gasteiger partial charge is 0.0762 e. The van der Waals surface area contributed by atoms with E-state index in [0.29, 0.717) is 6.04 Å². The van der Waals surface area contributed by atoms with Gasteiger partial charge in [-0.3, -0.25) is 4.68 Å². The summed E-state index contributed by atoms with van der Waals surface area (Å²) < 4.78 is 7.68. The first kappa shape index (κ1) is 13.6. The Bertz CT molecular complexity index is 390. The lowest BCUT2D eigenvalue weighted by molar-refractivity contribution is 0.0880. The Morgan fingerprint density at radius 1 is 1.67 bits per heavy atom. The Kier molecular flexibility index (Phi) is 4.07. The average molecular weight is 251 g/mol. The lowest BCUT2D eigenvalue weighted by Crippen LogP contribution is -2.47. The summed E-state index contributed by atoms with van der Waals surface area (Å²) in [7, 11) is 0. The Morgan fingerprint density at radius 2 is 2.44 bits per heavy atom. The van der Waals surface area contributed by atoms with Crippen LogP contribution in [0.4, 0.5) is 0 Å². The first-order valence-corrected chi connectivity index (χ1v) is 6.96. The third kappa shape index (κ3) is 2.75. The predicted molar refractivity (Wildman–Crippen MR) is 72.5 cm³/mol. The van der Waals surface area contributed by atoms with Crippen molar-refractivity contribution in [1.29, 1.82) is 0 Å². The molecule has 0 aromatic carbocycles. The van der Waals surface area contributed by atoms with Gasteiger partial charge in [0, 0.05) is 30.9 Å². The van der Waals surface area contributed by atoms with E-state index in [2.05, 4.69) is 50.4 Å². The van der Waals surface area contributed by atoms with Gasteiger partial charge in [0.25, 0.3) is 0 Å². The summed E-state index contributed by atoms with van der Waals surface area (Å²) in [5.74, 6) is 0. The van der Waals surface area contributed by atoms with Crippen molar-refractivity contribution >= 4 is 0 Å². The van der Waals surface area contributed by atoms with Crippen LogP contribution in [0.3, 0.4) is 0 Å². The molecule has 18 heavy (non-hydrogen) atoms. The van der Waals surface area contributed by atoms with Crippen LogP contribution in [0.1, 0.15) is 52.3 Å². The molecular weight excluding hydrogens is 226 g/mol. The zero-order valence-electron chi connectivity index (χ0n) is 11.9. The summed E-state index contributed by atoms with van der Waals surface area (Å²) in [4.78, 5) is 0. The number of aromatic nitrogens is 2. The summed E-state index contributed by atoms with van der Waals surface area (Å²) in [5, 5.41) is 8.20. The van der Waals surface area contributed by atoms with Crippen molar-refractivity contribution in [2.75, 3.05) is 6.61 Å². The molecule has 1 saturated heterocycles. The van der Waals surface area contributed by atoms with E-state index in [0.717, 1.165) is 31.7 Å². The molecule has 0 bridgehead atoms. The number of ether oxygens (including phenoxy) is 1. The van der Waals surface area contributed by atoms with E-state index in [9.17, 15) is 0 Å². The quantitative estimate of drug-likeness (QED) is 0.874. The average Bonchev–Trinajstić information content (AvgIpc) is 2.95. The highest BCUT2D eigenvalue weighted by Gasteiger charge is 2.36. The lowest BCUT2D eigenvalue weighted by Gasteiger charge is -2.28. The third-order valence-corrected chi connectivity index (χ3v) is 4.27. The van der Waals surface area contributed by atoms with E-state index < -0.39 is 0 Å². The second-order valence-electron chi connectivity index (χ2n) is 5.58. The minimum Gasteiger partial charge on any atom is -0.377 e. The van der Waals surface area contributed by atoms with Crippen LogP contribution in [0.2, 0.25) is 0 Å². The monoisotopic (exact) mass is 251 g/mol. The molecule has 2 rings (SSSR count). The minimum absolute atomic E-state index is 0.0835. The molecule has 2 heterocycles. The van der Waals surface area contributed by atoms with Gasteiger partial charge in [0.15, 0.2) is 0 Å². The van der Waals surface area contributed by atoms with Gasteiger partial charge < -0.3 is 10.1 Å². The lowest BCUT2D eigenvalue weighted by atomic mass is 9.95. The highest BCUT2D eigenvalue weighted by atomic mass is 16.5. The minimum atomic E-state index is 0.0835.